The molecule has 178 valence electrons. The normalized spacial score (nSPS) is 16.7. The van der Waals surface area contributed by atoms with E-state index in [0.29, 0.717) is 16.3 Å². The van der Waals surface area contributed by atoms with Crippen molar-refractivity contribution >= 4 is 49.1 Å². The molecule has 0 saturated carbocycles. The number of para-hydroxylation sites is 1. The van der Waals surface area contributed by atoms with E-state index in [1.54, 1.807) is 13.1 Å². The average molecular weight is 495 g/mol. The summed E-state index contributed by atoms with van der Waals surface area (Å²) in [5.74, 6) is -2.87. The molecule has 10 nitrogen and oxygen atoms in total. The molecular formula is C23H18FN5O5S. The van der Waals surface area contributed by atoms with Crippen molar-refractivity contribution in [2.24, 2.45) is 12.8 Å². The summed E-state index contributed by atoms with van der Waals surface area (Å²) in [6, 6.07) is 7.40. The van der Waals surface area contributed by atoms with Gasteiger partial charge in [0.25, 0.3) is 17.4 Å². The second kappa shape index (κ2) is 7.87. The molecule has 0 aliphatic carbocycles. The summed E-state index contributed by atoms with van der Waals surface area (Å²) >= 11 is 0. The van der Waals surface area contributed by atoms with Crippen LogP contribution in [0.4, 0.5) is 10.1 Å². The molecule has 2 amide bonds. The van der Waals surface area contributed by atoms with Crippen LogP contribution < -0.4 is 16.6 Å². The van der Waals surface area contributed by atoms with E-state index in [1.807, 2.05) is 0 Å². The van der Waals surface area contributed by atoms with Gasteiger partial charge in [0.1, 0.15) is 11.4 Å². The number of pyridine rings is 1. The van der Waals surface area contributed by atoms with Crippen molar-refractivity contribution in [3.63, 3.8) is 0 Å². The van der Waals surface area contributed by atoms with Gasteiger partial charge < -0.3 is 11.1 Å². The zero-order valence-electron chi connectivity index (χ0n) is 18.2. The zero-order chi connectivity index (χ0) is 25.1. The van der Waals surface area contributed by atoms with Gasteiger partial charge in [0.2, 0.25) is 0 Å². The highest BCUT2D eigenvalue weighted by Crippen LogP contribution is 2.27. The molecule has 4 aromatic rings. The van der Waals surface area contributed by atoms with E-state index in [0.717, 1.165) is 9.98 Å². The summed E-state index contributed by atoms with van der Waals surface area (Å²) in [5.41, 5.74) is 4.75. The van der Waals surface area contributed by atoms with Gasteiger partial charge in [0.05, 0.1) is 40.3 Å². The number of nitrogens with two attached hydrogens (primary N) is 1. The van der Waals surface area contributed by atoms with Crippen LogP contribution in [0.2, 0.25) is 0 Å². The number of carbonyl (C=O) groups excluding carboxylic acids is 2. The fraction of sp³-hybridized carbons (Fsp3) is 0.130. The highest BCUT2D eigenvalue weighted by atomic mass is 32.2. The number of anilines is 1. The number of primary amides is 1. The van der Waals surface area contributed by atoms with E-state index in [4.69, 9.17) is 5.73 Å². The van der Waals surface area contributed by atoms with E-state index in [1.165, 1.54) is 47.3 Å². The first-order valence-corrected chi connectivity index (χ1v) is 12.1. The maximum absolute atomic E-state index is 14.7. The van der Waals surface area contributed by atoms with Crippen molar-refractivity contribution in [2.45, 2.75) is 6.04 Å². The lowest BCUT2D eigenvalue weighted by atomic mass is 10.0. The maximum atomic E-state index is 14.7. The van der Waals surface area contributed by atoms with Crippen molar-refractivity contribution in [3.05, 3.63) is 81.4 Å². The van der Waals surface area contributed by atoms with Gasteiger partial charge in [-0.25, -0.2) is 12.8 Å². The third-order valence-electron chi connectivity index (χ3n) is 5.89. The van der Waals surface area contributed by atoms with Crippen molar-refractivity contribution in [2.75, 3.05) is 11.1 Å². The van der Waals surface area contributed by atoms with Gasteiger partial charge >= 0.3 is 0 Å². The summed E-state index contributed by atoms with van der Waals surface area (Å²) in [6.45, 7) is 0. The molecule has 1 atom stereocenters. The van der Waals surface area contributed by atoms with Crippen LogP contribution in [-0.2, 0) is 16.9 Å². The maximum Gasteiger partial charge on any atom is 0.264 e. The first-order valence-electron chi connectivity index (χ1n) is 10.4. The van der Waals surface area contributed by atoms with Crippen molar-refractivity contribution in [1.29, 1.82) is 0 Å². The molecule has 0 radical (unpaired) electrons. The van der Waals surface area contributed by atoms with Gasteiger partial charge in [-0.1, -0.05) is 12.1 Å². The summed E-state index contributed by atoms with van der Waals surface area (Å²) in [7, 11) is -1.93. The first-order chi connectivity index (χ1) is 16.6. The van der Waals surface area contributed by atoms with E-state index in [-0.39, 0.29) is 22.3 Å². The van der Waals surface area contributed by atoms with Crippen LogP contribution in [0.15, 0.2) is 58.9 Å². The van der Waals surface area contributed by atoms with Gasteiger partial charge in [-0.15, -0.1) is 0 Å². The van der Waals surface area contributed by atoms with Crippen LogP contribution in [0.25, 0.3) is 21.8 Å². The lowest BCUT2D eigenvalue weighted by Gasteiger charge is -2.19. The Kier molecular flexibility index (Phi) is 5.06. The van der Waals surface area contributed by atoms with Crippen molar-refractivity contribution in [1.82, 2.24) is 14.3 Å². The molecule has 0 spiro atoms. The van der Waals surface area contributed by atoms with Crippen LogP contribution in [0.3, 0.4) is 0 Å². The number of aryl methyl sites for hydroxylation is 1. The van der Waals surface area contributed by atoms with Gasteiger partial charge in [-0.3, -0.25) is 23.6 Å². The number of aromatic nitrogens is 3. The van der Waals surface area contributed by atoms with Crippen molar-refractivity contribution < 1.29 is 22.4 Å². The molecule has 0 saturated heterocycles. The fourth-order valence-corrected chi connectivity index (χ4v) is 5.52. The Hall–Kier alpha value is -4.32. The number of halogens is 1. The molecule has 1 aliphatic rings. The van der Waals surface area contributed by atoms with Gasteiger partial charge in [-0.05, 0) is 24.3 Å². The Bertz CT molecular complexity index is 1770. The number of hydrogen-bond donors (Lipinski definition) is 2. The number of rotatable bonds is 4. The number of nitrogens with one attached hydrogen (secondary N) is 1. The number of amides is 2. The Morgan fingerprint density at radius 1 is 1.17 bits per heavy atom. The monoisotopic (exact) mass is 495 g/mol. The third-order valence-corrected chi connectivity index (χ3v) is 7.27. The molecule has 3 N–H and O–H groups in total. The smallest absolute Gasteiger partial charge is 0.264 e. The van der Waals surface area contributed by atoms with E-state index in [9.17, 15) is 27.2 Å². The predicted octanol–water partition coefficient (Wildman–Crippen LogP) is 1.86. The number of allylic oxidation sites excluding steroid dienone is 1. The molecule has 12 heteroatoms. The number of sulfone groups is 1. The fourth-order valence-electron chi connectivity index (χ4n) is 4.25. The molecule has 1 unspecified atom stereocenters. The second-order valence-electron chi connectivity index (χ2n) is 8.18. The first kappa shape index (κ1) is 22.5. The predicted molar refractivity (Wildman–Crippen MR) is 127 cm³/mol. The number of nitrogens with zero attached hydrogens (tertiary/aromatic N) is 3. The highest BCUT2D eigenvalue weighted by Gasteiger charge is 2.29. The minimum Gasteiger partial charge on any atom is -0.366 e. The second-order valence-corrected chi connectivity index (χ2v) is 10.1. The topological polar surface area (TPSA) is 146 Å². The van der Waals surface area contributed by atoms with Gasteiger partial charge in [0.15, 0.2) is 9.84 Å². The van der Waals surface area contributed by atoms with Crippen LogP contribution in [0, 0.1) is 5.82 Å². The van der Waals surface area contributed by atoms with Crippen LogP contribution in [0.5, 0.6) is 0 Å². The SMILES string of the molecule is Cn1ncc2cc(NC(=O)c3cc4cccc(C(N)=O)c4n(C4C=CS(=O)(=O)C4)c3=O)c(F)cc21. The molecule has 2 aromatic heterocycles. The Morgan fingerprint density at radius 2 is 1.94 bits per heavy atom. The Labute approximate surface area is 197 Å². The number of benzene rings is 2. The molecule has 2 aromatic carbocycles. The minimum atomic E-state index is -3.58. The minimum absolute atomic E-state index is 0.00247. The molecule has 3 heterocycles. The molecule has 0 bridgehead atoms. The highest BCUT2D eigenvalue weighted by molar-refractivity contribution is 7.94. The molecule has 5 rings (SSSR count). The number of hydrogen-bond acceptors (Lipinski definition) is 6. The number of carbonyl (C=O) groups is 2. The van der Waals surface area contributed by atoms with Crippen molar-refractivity contribution in [3.8, 4) is 0 Å². The van der Waals surface area contributed by atoms with Crippen LogP contribution >= 0.6 is 0 Å². The van der Waals surface area contributed by atoms with Gasteiger partial charge in [0, 0.05) is 29.3 Å². The standard InChI is InChI=1S/C23H18FN5O5S/c1-28-19-9-17(24)18(8-13(19)10-26-28)27-22(31)16-7-12-3-2-4-15(21(25)30)20(12)29(23(16)32)14-5-6-35(33,34)11-14/h2-10,14H,11H2,1H3,(H2,25,30)(H,27,31). The summed E-state index contributed by atoms with van der Waals surface area (Å²) in [5, 5.41) is 8.33. The lowest BCUT2D eigenvalue weighted by Crippen LogP contribution is -2.33. The zero-order valence-corrected chi connectivity index (χ0v) is 19.0. The largest absolute Gasteiger partial charge is 0.366 e. The molecular weight excluding hydrogens is 477 g/mol. The summed E-state index contributed by atoms with van der Waals surface area (Å²) in [4.78, 5) is 38.7. The Balaban J connectivity index is 1.67. The van der Waals surface area contributed by atoms with E-state index in [2.05, 4.69) is 10.4 Å². The number of fused-ring (bicyclic) bond motifs is 2. The molecule has 0 fully saturated rings. The third kappa shape index (κ3) is 3.77. The quantitative estimate of drug-likeness (QED) is 0.442. The van der Waals surface area contributed by atoms with Crippen LogP contribution in [-0.4, -0.2) is 40.3 Å². The molecule has 35 heavy (non-hydrogen) atoms. The van der Waals surface area contributed by atoms with Gasteiger partial charge in [-0.2, -0.15) is 5.10 Å². The summed E-state index contributed by atoms with van der Waals surface area (Å²) in [6.07, 6.45) is 2.82. The lowest BCUT2D eigenvalue weighted by molar-refractivity contribution is 0.0999. The Morgan fingerprint density at radius 3 is 2.63 bits per heavy atom. The summed E-state index contributed by atoms with van der Waals surface area (Å²) < 4.78 is 41.4. The van der Waals surface area contributed by atoms with E-state index < -0.39 is 44.8 Å². The van der Waals surface area contributed by atoms with Crippen LogP contribution in [0.1, 0.15) is 26.8 Å². The average Bonchev–Trinajstić information content (AvgIpc) is 3.34. The molecule has 1 aliphatic heterocycles. The van der Waals surface area contributed by atoms with E-state index >= 15 is 0 Å².